The summed E-state index contributed by atoms with van der Waals surface area (Å²) >= 11 is 0. The van der Waals surface area contributed by atoms with Crippen LogP contribution in [0.3, 0.4) is 0 Å². The van der Waals surface area contributed by atoms with Crippen LogP contribution in [0.2, 0.25) is 0 Å². The molecular formula is C25H39NP2. The van der Waals surface area contributed by atoms with Crippen LogP contribution in [0.1, 0.15) is 53.4 Å². The molecule has 0 fully saturated rings. The van der Waals surface area contributed by atoms with E-state index >= 15 is 0 Å². The molecule has 0 N–H and O–H groups in total. The lowest BCUT2D eigenvalue weighted by Crippen LogP contribution is -2.24. The molecule has 0 amide bonds. The van der Waals surface area contributed by atoms with Crippen molar-refractivity contribution >= 4 is 37.8 Å². The van der Waals surface area contributed by atoms with E-state index in [2.05, 4.69) is 88.2 Å². The molecule has 0 saturated carbocycles. The summed E-state index contributed by atoms with van der Waals surface area (Å²) in [4.78, 5) is 2.49. The van der Waals surface area contributed by atoms with E-state index in [1.807, 2.05) is 0 Å². The second-order valence-corrected chi connectivity index (χ2v) is 12.4. The van der Waals surface area contributed by atoms with Crippen molar-refractivity contribution in [3.05, 3.63) is 48.5 Å². The summed E-state index contributed by atoms with van der Waals surface area (Å²) in [6.07, 6.45) is 10.5. The van der Waals surface area contributed by atoms with Crippen LogP contribution in [0.25, 0.3) is 0 Å². The lowest BCUT2D eigenvalue weighted by molar-refractivity contribution is 1.06. The van der Waals surface area contributed by atoms with E-state index in [9.17, 15) is 0 Å². The Labute approximate surface area is 176 Å². The van der Waals surface area contributed by atoms with Gasteiger partial charge in [-0.15, -0.1) is 0 Å². The van der Waals surface area contributed by atoms with Crippen molar-refractivity contribution in [2.75, 3.05) is 36.6 Å². The van der Waals surface area contributed by atoms with E-state index in [0.717, 1.165) is 0 Å². The number of rotatable bonds is 12. The van der Waals surface area contributed by atoms with Crippen LogP contribution in [0.15, 0.2) is 48.5 Å². The highest BCUT2D eigenvalue weighted by Crippen LogP contribution is 2.43. The van der Waals surface area contributed by atoms with E-state index in [0.29, 0.717) is 0 Å². The van der Waals surface area contributed by atoms with Gasteiger partial charge in [0.05, 0.1) is 0 Å². The highest BCUT2D eigenvalue weighted by molar-refractivity contribution is 7.66. The monoisotopic (exact) mass is 415 g/mol. The van der Waals surface area contributed by atoms with Gasteiger partial charge in [0.2, 0.25) is 0 Å². The molecule has 0 heterocycles. The summed E-state index contributed by atoms with van der Waals surface area (Å²) in [7, 11) is 2.14. The Hall–Kier alpha value is -0.900. The van der Waals surface area contributed by atoms with Crippen LogP contribution in [0, 0.1) is 0 Å². The molecule has 0 spiro atoms. The number of hydrogen-bond donors (Lipinski definition) is 0. The summed E-state index contributed by atoms with van der Waals surface area (Å²) in [5.74, 6) is 0. The summed E-state index contributed by atoms with van der Waals surface area (Å²) in [6.45, 7) is 9.31. The van der Waals surface area contributed by atoms with Gasteiger partial charge in [0.25, 0.3) is 0 Å². The average Bonchev–Trinajstić information content (AvgIpc) is 2.73. The molecule has 0 aliphatic rings. The summed E-state index contributed by atoms with van der Waals surface area (Å²) < 4.78 is 0. The van der Waals surface area contributed by atoms with Crippen molar-refractivity contribution < 1.29 is 0 Å². The maximum Gasteiger partial charge on any atom is 0.0486 e. The Balaban J connectivity index is 2.46. The highest BCUT2D eigenvalue weighted by atomic mass is 31.1. The van der Waals surface area contributed by atoms with Gasteiger partial charge in [0.1, 0.15) is 0 Å². The van der Waals surface area contributed by atoms with Gasteiger partial charge in [-0.2, -0.15) is 0 Å². The fourth-order valence-corrected chi connectivity index (χ4v) is 9.21. The predicted octanol–water partition coefficient (Wildman–Crippen LogP) is 7.31. The second kappa shape index (κ2) is 12.6. The van der Waals surface area contributed by atoms with Gasteiger partial charge < -0.3 is 4.90 Å². The third-order valence-electron chi connectivity index (χ3n) is 5.14. The van der Waals surface area contributed by atoms with Crippen LogP contribution in [0.4, 0.5) is 11.4 Å². The predicted molar refractivity (Wildman–Crippen MR) is 135 cm³/mol. The Kier molecular flexibility index (Phi) is 10.5. The molecule has 0 aromatic heterocycles. The minimum absolute atomic E-state index is 0.0743. The lowest BCUT2D eigenvalue weighted by atomic mass is 10.2. The molecule has 0 unspecified atom stereocenters. The number of para-hydroxylation sites is 2. The topological polar surface area (TPSA) is 3.24 Å². The molecule has 2 aromatic carbocycles. The first-order chi connectivity index (χ1) is 13.7. The number of nitrogens with zero attached hydrogens (tertiary/aromatic N) is 1. The lowest BCUT2D eigenvalue weighted by Gasteiger charge is -2.30. The molecule has 28 heavy (non-hydrogen) atoms. The van der Waals surface area contributed by atoms with Gasteiger partial charge in [-0.3, -0.25) is 0 Å². The average molecular weight is 416 g/mol. The summed E-state index contributed by atoms with van der Waals surface area (Å²) in [5.41, 5.74) is 2.84. The van der Waals surface area contributed by atoms with Crippen molar-refractivity contribution in [2.24, 2.45) is 0 Å². The first kappa shape index (κ1) is 23.4. The summed E-state index contributed by atoms with van der Waals surface area (Å²) in [5, 5.41) is 3.18. The van der Waals surface area contributed by atoms with Crippen LogP contribution in [-0.2, 0) is 0 Å². The highest BCUT2D eigenvalue weighted by Gasteiger charge is 2.20. The van der Waals surface area contributed by atoms with Gasteiger partial charge in [-0.1, -0.05) is 106 Å². The van der Waals surface area contributed by atoms with Crippen LogP contribution >= 0.6 is 15.8 Å². The van der Waals surface area contributed by atoms with Crippen molar-refractivity contribution in [1.29, 1.82) is 0 Å². The maximum atomic E-state index is 2.49. The van der Waals surface area contributed by atoms with Crippen LogP contribution in [0.5, 0.6) is 0 Å². The van der Waals surface area contributed by atoms with Crippen molar-refractivity contribution in [3.63, 3.8) is 0 Å². The van der Waals surface area contributed by atoms with E-state index in [4.69, 9.17) is 0 Å². The van der Waals surface area contributed by atoms with Crippen molar-refractivity contribution in [2.45, 2.75) is 53.4 Å². The molecule has 154 valence electrons. The molecule has 2 rings (SSSR count). The van der Waals surface area contributed by atoms with Gasteiger partial charge in [0, 0.05) is 18.4 Å². The quantitative estimate of drug-likeness (QED) is 0.329. The van der Waals surface area contributed by atoms with Crippen LogP contribution < -0.4 is 15.5 Å². The Morgan fingerprint density at radius 3 is 1.21 bits per heavy atom. The maximum absolute atomic E-state index is 2.49. The Bertz CT molecular complexity index is 629. The third-order valence-corrected chi connectivity index (χ3v) is 11.2. The van der Waals surface area contributed by atoms with Gasteiger partial charge in [0.15, 0.2) is 0 Å². The molecule has 0 aliphatic carbocycles. The van der Waals surface area contributed by atoms with Crippen LogP contribution in [-0.4, -0.2) is 31.7 Å². The molecule has 2 aromatic rings. The van der Waals surface area contributed by atoms with Crippen molar-refractivity contribution in [1.82, 2.24) is 0 Å². The minimum atomic E-state index is -0.0743. The van der Waals surface area contributed by atoms with Gasteiger partial charge in [-0.05, 0) is 47.4 Å². The molecule has 0 aliphatic heterocycles. The Morgan fingerprint density at radius 2 is 0.893 bits per heavy atom. The van der Waals surface area contributed by atoms with E-state index in [1.165, 1.54) is 61.7 Å². The van der Waals surface area contributed by atoms with E-state index in [1.54, 1.807) is 10.6 Å². The second-order valence-electron chi connectivity index (χ2n) is 7.51. The van der Waals surface area contributed by atoms with Crippen molar-refractivity contribution in [3.8, 4) is 0 Å². The fraction of sp³-hybridized carbons (Fsp3) is 0.520. The number of anilines is 2. The standard InChI is InChI=1S/C25H39NP2/c1-6-18-27(19-7-2)24-16-12-10-14-22(24)26(5)23-15-11-13-17-25(23)28(20-8-3)21-9-4/h10-17H,6-9,18-21H2,1-5H3. The summed E-state index contributed by atoms with van der Waals surface area (Å²) in [6, 6.07) is 18.4. The zero-order chi connectivity index (χ0) is 20.4. The first-order valence-corrected chi connectivity index (χ1v) is 14.5. The largest absolute Gasteiger partial charge is 0.344 e. The van der Waals surface area contributed by atoms with Gasteiger partial charge in [-0.25, -0.2) is 0 Å². The normalized spacial score (nSPS) is 11.4. The molecule has 3 heteroatoms. The smallest absolute Gasteiger partial charge is 0.0486 e. The molecule has 0 bridgehead atoms. The Morgan fingerprint density at radius 1 is 0.571 bits per heavy atom. The third kappa shape index (κ3) is 6.05. The zero-order valence-electron chi connectivity index (χ0n) is 18.6. The zero-order valence-corrected chi connectivity index (χ0v) is 20.4. The fourth-order valence-electron chi connectivity index (χ4n) is 3.95. The molecule has 0 atom stereocenters. The SMILES string of the molecule is CCCP(CCC)c1ccccc1N(C)c1ccccc1P(CCC)CCC. The number of hydrogen-bond acceptors (Lipinski definition) is 1. The molecular weight excluding hydrogens is 376 g/mol. The molecule has 0 radical (unpaired) electrons. The molecule has 1 nitrogen and oxygen atoms in total. The first-order valence-electron chi connectivity index (χ1n) is 11.1. The minimum Gasteiger partial charge on any atom is -0.344 e. The van der Waals surface area contributed by atoms with E-state index in [-0.39, 0.29) is 15.8 Å². The van der Waals surface area contributed by atoms with Gasteiger partial charge >= 0.3 is 0 Å². The number of benzene rings is 2. The molecule has 0 saturated heterocycles. The van der Waals surface area contributed by atoms with E-state index < -0.39 is 0 Å².